The molecule has 134 valence electrons. The fourth-order valence-electron chi connectivity index (χ4n) is 2.56. The van der Waals surface area contributed by atoms with Gasteiger partial charge in [-0.05, 0) is 42.8 Å². The first-order chi connectivity index (χ1) is 12.6. The van der Waals surface area contributed by atoms with Crippen molar-refractivity contribution in [3.05, 3.63) is 60.0 Å². The second-order valence-corrected chi connectivity index (χ2v) is 5.60. The van der Waals surface area contributed by atoms with Crippen molar-refractivity contribution in [3.8, 4) is 17.0 Å². The number of nitrogens with one attached hydrogen (secondary N) is 3. The molecule has 0 bridgehead atoms. The lowest BCUT2D eigenvalue weighted by atomic mass is 10.1. The van der Waals surface area contributed by atoms with E-state index in [9.17, 15) is 9.18 Å². The van der Waals surface area contributed by atoms with Gasteiger partial charge in [-0.25, -0.2) is 9.18 Å². The normalized spacial score (nSPS) is 10.4. The summed E-state index contributed by atoms with van der Waals surface area (Å²) in [6.07, 6.45) is 0.670. The minimum atomic E-state index is -0.433. The number of carbonyl (C=O) groups excluding carboxylic acids is 1. The molecule has 0 aliphatic carbocycles. The van der Waals surface area contributed by atoms with Gasteiger partial charge in [0.2, 0.25) is 0 Å². The maximum atomic E-state index is 13.0. The molecule has 0 radical (unpaired) electrons. The first-order valence-corrected chi connectivity index (χ1v) is 8.16. The maximum absolute atomic E-state index is 13.0. The van der Waals surface area contributed by atoms with E-state index in [0.29, 0.717) is 29.2 Å². The van der Waals surface area contributed by atoms with Crippen LogP contribution < -0.4 is 15.4 Å². The number of aromatic nitrogens is 2. The van der Waals surface area contributed by atoms with E-state index >= 15 is 0 Å². The number of aryl methyl sites for hydroxylation is 1. The number of nitrogens with zero attached hydrogens (tertiary/aromatic N) is 1. The van der Waals surface area contributed by atoms with Gasteiger partial charge in [0, 0.05) is 11.3 Å². The maximum Gasteiger partial charge on any atom is 0.323 e. The average Bonchev–Trinajstić information content (AvgIpc) is 3.06. The molecule has 6 nitrogen and oxygen atoms in total. The molecule has 0 aliphatic heterocycles. The Morgan fingerprint density at radius 1 is 1.19 bits per heavy atom. The van der Waals surface area contributed by atoms with Gasteiger partial charge in [0.15, 0.2) is 0 Å². The number of ether oxygens (including phenoxy) is 1. The second-order valence-electron chi connectivity index (χ2n) is 5.60. The lowest BCUT2D eigenvalue weighted by Gasteiger charge is -2.10. The number of benzene rings is 2. The summed E-state index contributed by atoms with van der Waals surface area (Å²) in [7, 11) is 1.59. The predicted octanol–water partition coefficient (Wildman–Crippen LogP) is 4.43. The van der Waals surface area contributed by atoms with Crippen LogP contribution in [0.1, 0.15) is 12.6 Å². The molecule has 3 rings (SSSR count). The van der Waals surface area contributed by atoms with Crippen LogP contribution in [-0.2, 0) is 6.42 Å². The Hall–Kier alpha value is -3.35. The van der Waals surface area contributed by atoms with Crippen molar-refractivity contribution < 1.29 is 13.9 Å². The van der Waals surface area contributed by atoms with E-state index in [2.05, 4.69) is 20.8 Å². The number of rotatable bonds is 5. The van der Waals surface area contributed by atoms with Crippen LogP contribution in [0.4, 0.5) is 20.6 Å². The fraction of sp³-hybridized carbons (Fsp3) is 0.158. The number of methoxy groups -OCH3 is 1. The minimum absolute atomic E-state index is 0.362. The van der Waals surface area contributed by atoms with E-state index in [-0.39, 0.29) is 5.82 Å². The highest BCUT2D eigenvalue weighted by Gasteiger charge is 2.17. The summed E-state index contributed by atoms with van der Waals surface area (Å²) in [4.78, 5) is 12.4. The first-order valence-electron chi connectivity index (χ1n) is 8.16. The lowest BCUT2D eigenvalue weighted by Crippen LogP contribution is -2.20. The molecule has 3 N–H and O–H groups in total. The van der Waals surface area contributed by atoms with Gasteiger partial charge in [0.05, 0.1) is 18.5 Å². The van der Waals surface area contributed by atoms with Gasteiger partial charge in [-0.1, -0.05) is 19.1 Å². The molecule has 3 aromatic rings. The van der Waals surface area contributed by atoms with Gasteiger partial charge in [-0.2, -0.15) is 5.10 Å². The molecule has 0 unspecified atom stereocenters. The van der Waals surface area contributed by atoms with E-state index < -0.39 is 6.03 Å². The number of aromatic amines is 1. The fourth-order valence-corrected chi connectivity index (χ4v) is 2.56. The van der Waals surface area contributed by atoms with Gasteiger partial charge in [0.25, 0.3) is 0 Å². The Kier molecular flexibility index (Phi) is 5.17. The minimum Gasteiger partial charge on any atom is -0.497 e. The van der Waals surface area contributed by atoms with Crippen molar-refractivity contribution in [3.63, 3.8) is 0 Å². The number of H-pyrrole nitrogens is 1. The van der Waals surface area contributed by atoms with Crippen LogP contribution in [0.3, 0.4) is 0 Å². The zero-order valence-electron chi connectivity index (χ0n) is 14.5. The Morgan fingerprint density at radius 2 is 1.96 bits per heavy atom. The summed E-state index contributed by atoms with van der Waals surface area (Å²) in [5.74, 6) is 0.338. The van der Waals surface area contributed by atoms with Crippen LogP contribution in [0.2, 0.25) is 0 Å². The van der Waals surface area contributed by atoms with Crippen molar-refractivity contribution in [1.29, 1.82) is 0 Å². The van der Waals surface area contributed by atoms with Crippen LogP contribution in [0.5, 0.6) is 5.75 Å². The van der Waals surface area contributed by atoms with Gasteiger partial charge in [-0.3, -0.25) is 5.10 Å². The number of halogens is 1. The standard InChI is InChI=1S/C19H19FN4O2/c1-3-16-18(22-19(25)21-14-9-7-13(20)8-10-14)17(24-23-16)12-5-4-6-15(11-12)26-2/h4-11H,3H2,1-2H3,(H,23,24)(H2,21,22,25). The Labute approximate surface area is 150 Å². The molecule has 7 heteroatoms. The van der Waals surface area contributed by atoms with Crippen LogP contribution >= 0.6 is 0 Å². The summed E-state index contributed by atoms with van der Waals surface area (Å²) < 4.78 is 18.2. The van der Waals surface area contributed by atoms with Gasteiger partial charge in [-0.15, -0.1) is 0 Å². The first kappa shape index (κ1) is 17.5. The van der Waals surface area contributed by atoms with E-state index in [1.54, 1.807) is 7.11 Å². The van der Waals surface area contributed by atoms with Crippen LogP contribution in [0, 0.1) is 5.82 Å². The number of anilines is 2. The van der Waals surface area contributed by atoms with Gasteiger partial charge >= 0.3 is 6.03 Å². The second kappa shape index (κ2) is 7.69. The molecular weight excluding hydrogens is 335 g/mol. The molecule has 0 aliphatic rings. The van der Waals surface area contributed by atoms with Crippen molar-refractivity contribution >= 4 is 17.4 Å². The molecule has 0 fully saturated rings. The summed E-state index contributed by atoms with van der Waals surface area (Å²) >= 11 is 0. The van der Waals surface area contributed by atoms with Crippen LogP contribution in [0.25, 0.3) is 11.3 Å². The summed E-state index contributed by atoms with van der Waals surface area (Å²) in [5.41, 5.74) is 3.33. The number of amides is 2. The predicted molar refractivity (Wildman–Crippen MR) is 99.0 cm³/mol. The molecule has 1 heterocycles. The highest BCUT2D eigenvalue weighted by atomic mass is 19.1. The SMILES string of the molecule is CCc1[nH]nc(-c2cccc(OC)c2)c1NC(=O)Nc1ccc(F)cc1. The smallest absolute Gasteiger partial charge is 0.323 e. The van der Waals surface area contributed by atoms with E-state index in [1.807, 2.05) is 31.2 Å². The summed E-state index contributed by atoms with van der Waals surface area (Å²) in [6.45, 7) is 1.96. The van der Waals surface area contributed by atoms with Crippen molar-refractivity contribution in [2.45, 2.75) is 13.3 Å². The summed E-state index contributed by atoms with van der Waals surface area (Å²) in [5, 5.41) is 12.8. The molecule has 2 amide bonds. The monoisotopic (exact) mass is 354 g/mol. The van der Waals surface area contributed by atoms with E-state index in [1.165, 1.54) is 24.3 Å². The summed E-state index contributed by atoms with van der Waals surface area (Å²) in [6, 6.07) is 12.6. The largest absolute Gasteiger partial charge is 0.497 e. The number of urea groups is 1. The zero-order chi connectivity index (χ0) is 18.5. The molecule has 0 saturated heterocycles. The number of hydrogen-bond acceptors (Lipinski definition) is 3. The molecule has 1 aromatic heterocycles. The van der Waals surface area contributed by atoms with Crippen molar-refractivity contribution in [2.24, 2.45) is 0 Å². The van der Waals surface area contributed by atoms with E-state index in [4.69, 9.17) is 4.74 Å². The van der Waals surface area contributed by atoms with E-state index in [0.717, 1.165) is 11.3 Å². The molecule has 0 spiro atoms. The number of carbonyl (C=O) groups is 1. The Morgan fingerprint density at radius 3 is 2.65 bits per heavy atom. The van der Waals surface area contributed by atoms with Crippen LogP contribution in [0.15, 0.2) is 48.5 Å². The molecule has 26 heavy (non-hydrogen) atoms. The lowest BCUT2D eigenvalue weighted by molar-refractivity contribution is 0.262. The van der Waals surface area contributed by atoms with Crippen LogP contribution in [-0.4, -0.2) is 23.3 Å². The van der Waals surface area contributed by atoms with Crippen molar-refractivity contribution in [1.82, 2.24) is 10.2 Å². The zero-order valence-corrected chi connectivity index (χ0v) is 14.5. The topological polar surface area (TPSA) is 79.0 Å². The molecule has 0 atom stereocenters. The van der Waals surface area contributed by atoms with Gasteiger partial charge in [0.1, 0.15) is 17.3 Å². The third kappa shape index (κ3) is 3.83. The molecule has 2 aromatic carbocycles. The Bertz CT molecular complexity index is 906. The molecular formula is C19H19FN4O2. The third-order valence-corrected chi connectivity index (χ3v) is 3.88. The van der Waals surface area contributed by atoms with Gasteiger partial charge < -0.3 is 15.4 Å². The number of hydrogen-bond donors (Lipinski definition) is 3. The highest BCUT2D eigenvalue weighted by Crippen LogP contribution is 2.31. The van der Waals surface area contributed by atoms with Crippen molar-refractivity contribution in [2.75, 3.05) is 17.7 Å². The third-order valence-electron chi connectivity index (χ3n) is 3.88. The average molecular weight is 354 g/mol. The Balaban J connectivity index is 1.85. The highest BCUT2D eigenvalue weighted by molar-refractivity contribution is 6.02. The quantitative estimate of drug-likeness (QED) is 0.634. The molecule has 0 saturated carbocycles.